The third-order valence-corrected chi connectivity index (χ3v) is 5.11. The smallest absolute Gasteiger partial charge is 0.312 e. The maximum atomic E-state index is 12.9. The van der Waals surface area contributed by atoms with Crippen molar-refractivity contribution in [3.63, 3.8) is 0 Å². The van der Waals surface area contributed by atoms with Gasteiger partial charge in [-0.05, 0) is 41.8 Å². The van der Waals surface area contributed by atoms with Gasteiger partial charge in [-0.1, -0.05) is 24.3 Å². The van der Waals surface area contributed by atoms with Crippen LogP contribution in [0.1, 0.15) is 27.9 Å². The van der Waals surface area contributed by atoms with E-state index in [9.17, 15) is 9.59 Å². The van der Waals surface area contributed by atoms with Crippen LogP contribution in [-0.4, -0.2) is 55.0 Å². The summed E-state index contributed by atoms with van der Waals surface area (Å²) in [5.41, 5.74) is 7.89. The molecule has 0 atom stereocenters. The molecule has 3 rings (SSSR count). The molecule has 1 aliphatic rings. The van der Waals surface area contributed by atoms with Crippen molar-refractivity contribution < 1.29 is 14.3 Å². The quantitative estimate of drug-likeness (QED) is 0.784. The van der Waals surface area contributed by atoms with Crippen molar-refractivity contribution in [3.8, 4) is 5.75 Å². The Morgan fingerprint density at radius 2 is 1.66 bits per heavy atom. The van der Waals surface area contributed by atoms with Gasteiger partial charge in [0.15, 0.2) is 0 Å². The van der Waals surface area contributed by atoms with E-state index in [4.69, 9.17) is 10.5 Å². The average molecular weight is 396 g/mol. The predicted octanol–water partition coefficient (Wildman–Crippen LogP) is 2.21. The highest BCUT2D eigenvalue weighted by molar-refractivity contribution is 5.94. The van der Waals surface area contributed by atoms with Crippen molar-refractivity contribution >= 4 is 11.9 Å². The number of benzene rings is 2. The molecule has 2 aromatic carbocycles. The summed E-state index contributed by atoms with van der Waals surface area (Å²) in [6, 6.07) is 14.9. The number of nitrogens with two attached hydrogens (primary N) is 1. The lowest BCUT2D eigenvalue weighted by Gasteiger charge is -2.22. The fourth-order valence-electron chi connectivity index (χ4n) is 3.46. The highest BCUT2D eigenvalue weighted by Gasteiger charge is 2.20. The van der Waals surface area contributed by atoms with Crippen molar-refractivity contribution in [2.45, 2.75) is 19.5 Å². The normalized spacial score (nSPS) is 14.9. The van der Waals surface area contributed by atoms with Crippen LogP contribution in [0.25, 0.3) is 0 Å². The van der Waals surface area contributed by atoms with Crippen LogP contribution in [0.3, 0.4) is 0 Å². The summed E-state index contributed by atoms with van der Waals surface area (Å²) in [6.45, 7) is 4.50. The van der Waals surface area contributed by atoms with Crippen molar-refractivity contribution in [1.29, 1.82) is 0 Å². The second kappa shape index (κ2) is 9.93. The SMILES string of the molecule is COc1ccc(CN2CCCN(C(=O)c3ccc(CNC(N)=O)cc3)CC2)cc1. The molecule has 7 heteroatoms. The van der Waals surface area contributed by atoms with Gasteiger partial charge in [0.1, 0.15) is 5.75 Å². The molecule has 0 unspecified atom stereocenters. The first-order valence-corrected chi connectivity index (χ1v) is 9.82. The Morgan fingerprint density at radius 3 is 2.31 bits per heavy atom. The number of methoxy groups -OCH3 is 1. The Morgan fingerprint density at radius 1 is 0.966 bits per heavy atom. The topological polar surface area (TPSA) is 87.9 Å². The zero-order valence-electron chi connectivity index (χ0n) is 16.8. The molecule has 0 radical (unpaired) electrons. The first-order valence-electron chi connectivity index (χ1n) is 9.82. The zero-order chi connectivity index (χ0) is 20.6. The summed E-state index contributed by atoms with van der Waals surface area (Å²) in [5, 5.41) is 2.54. The summed E-state index contributed by atoms with van der Waals surface area (Å²) in [7, 11) is 1.67. The third-order valence-electron chi connectivity index (χ3n) is 5.11. The molecule has 2 aromatic rings. The van der Waals surface area contributed by atoms with Crippen LogP contribution in [0.5, 0.6) is 5.75 Å². The molecule has 1 aliphatic heterocycles. The lowest BCUT2D eigenvalue weighted by atomic mass is 10.1. The Kier molecular flexibility index (Phi) is 7.08. The van der Waals surface area contributed by atoms with Gasteiger partial charge in [-0.3, -0.25) is 9.69 Å². The summed E-state index contributed by atoms with van der Waals surface area (Å²) >= 11 is 0. The van der Waals surface area contributed by atoms with Crippen LogP contribution in [0, 0.1) is 0 Å². The lowest BCUT2D eigenvalue weighted by molar-refractivity contribution is 0.0761. The highest BCUT2D eigenvalue weighted by Crippen LogP contribution is 2.15. The standard InChI is InChI=1S/C22H28N4O3/c1-29-20-9-5-18(6-10-20)16-25-11-2-12-26(14-13-25)21(27)19-7-3-17(4-8-19)15-24-22(23)28/h3-10H,2,11-16H2,1H3,(H3,23,24,28). The number of nitrogens with zero attached hydrogens (tertiary/aromatic N) is 2. The molecule has 0 aromatic heterocycles. The fraction of sp³-hybridized carbons (Fsp3) is 0.364. The number of hydrogen-bond donors (Lipinski definition) is 2. The number of hydrogen-bond acceptors (Lipinski definition) is 4. The number of carbonyl (C=O) groups excluding carboxylic acids is 2. The fourth-order valence-corrected chi connectivity index (χ4v) is 3.46. The number of primary amides is 1. The van der Waals surface area contributed by atoms with E-state index in [0.717, 1.165) is 43.9 Å². The van der Waals surface area contributed by atoms with Gasteiger partial charge in [-0.25, -0.2) is 4.79 Å². The number of urea groups is 1. The van der Waals surface area contributed by atoms with Crippen LogP contribution >= 0.6 is 0 Å². The molecule has 3 N–H and O–H groups in total. The molecule has 3 amide bonds. The second-order valence-corrected chi connectivity index (χ2v) is 7.18. The van der Waals surface area contributed by atoms with E-state index in [1.54, 1.807) is 19.2 Å². The second-order valence-electron chi connectivity index (χ2n) is 7.18. The Bertz CT molecular complexity index is 821. The van der Waals surface area contributed by atoms with E-state index in [2.05, 4.69) is 22.3 Å². The Hall–Kier alpha value is -3.06. The first kappa shape index (κ1) is 20.7. The van der Waals surface area contributed by atoms with Gasteiger partial charge in [0, 0.05) is 44.8 Å². The first-order chi connectivity index (χ1) is 14.0. The van der Waals surface area contributed by atoms with Gasteiger partial charge in [-0.2, -0.15) is 0 Å². The van der Waals surface area contributed by atoms with Crippen LogP contribution in [0.2, 0.25) is 0 Å². The molecule has 1 heterocycles. The van der Waals surface area contributed by atoms with E-state index < -0.39 is 6.03 Å². The molecule has 0 aliphatic carbocycles. The van der Waals surface area contributed by atoms with Crippen LogP contribution in [0.15, 0.2) is 48.5 Å². The van der Waals surface area contributed by atoms with Gasteiger partial charge < -0.3 is 20.7 Å². The van der Waals surface area contributed by atoms with Crippen molar-refractivity contribution in [3.05, 3.63) is 65.2 Å². The van der Waals surface area contributed by atoms with Crippen LogP contribution in [0.4, 0.5) is 4.79 Å². The number of nitrogens with one attached hydrogen (secondary N) is 1. The molecule has 7 nitrogen and oxygen atoms in total. The van der Waals surface area contributed by atoms with Gasteiger partial charge >= 0.3 is 6.03 Å². The summed E-state index contributed by atoms with van der Waals surface area (Å²) in [4.78, 5) is 28.0. The summed E-state index contributed by atoms with van der Waals surface area (Å²) in [5.74, 6) is 0.906. The minimum absolute atomic E-state index is 0.0470. The molecule has 1 fully saturated rings. The lowest BCUT2D eigenvalue weighted by Crippen LogP contribution is -2.35. The molecule has 0 saturated carbocycles. The minimum Gasteiger partial charge on any atom is -0.497 e. The molecule has 1 saturated heterocycles. The monoisotopic (exact) mass is 396 g/mol. The van der Waals surface area contributed by atoms with Gasteiger partial charge in [-0.15, -0.1) is 0 Å². The van der Waals surface area contributed by atoms with Crippen molar-refractivity contribution in [2.75, 3.05) is 33.3 Å². The van der Waals surface area contributed by atoms with Gasteiger partial charge in [0.25, 0.3) is 5.91 Å². The largest absolute Gasteiger partial charge is 0.497 e. The van der Waals surface area contributed by atoms with Gasteiger partial charge in [0.2, 0.25) is 0 Å². The van der Waals surface area contributed by atoms with Crippen molar-refractivity contribution in [2.24, 2.45) is 5.73 Å². The maximum Gasteiger partial charge on any atom is 0.312 e. The molecule has 29 heavy (non-hydrogen) atoms. The Balaban J connectivity index is 1.54. The zero-order valence-corrected chi connectivity index (χ0v) is 16.8. The molecular formula is C22H28N4O3. The van der Waals surface area contributed by atoms with E-state index >= 15 is 0 Å². The maximum absolute atomic E-state index is 12.9. The van der Waals surface area contributed by atoms with E-state index in [1.165, 1.54) is 5.56 Å². The van der Waals surface area contributed by atoms with Crippen molar-refractivity contribution in [1.82, 2.24) is 15.1 Å². The summed E-state index contributed by atoms with van der Waals surface area (Å²) in [6.07, 6.45) is 0.947. The van der Waals surface area contributed by atoms with E-state index in [1.807, 2.05) is 29.2 Å². The molecule has 0 bridgehead atoms. The predicted molar refractivity (Wildman–Crippen MR) is 112 cm³/mol. The van der Waals surface area contributed by atoms with Gasteiger partial charge in [0.05, 0.1) is 7.11 Å². The number of carbonyl (C=O) groups is 2. The molecular weight excluding hydrogens is 368 g/mol. The minimum atomic E-state index is -0.561. The average Bonchev–Trinajstić information content (AvgIpc) is 2.98. The number of amides is 3. The van der Waals surface area contributed by atoms with Crippen LogP contribution < -0.4 is 15.8 Å². The number of ether oxygens (including phenoxy) is 1. The summed E-state index contributed by atoms with van der Waals surface area (Å²) < 4.78 is 5.21. The molecule has 0 spiro atoms. The van der Waals surface area contributed by atoms with E-state index in [0.29, 0.717) is 18.7 Å². The third kappa shape index (κ3) is 5.96. The number of rotatable bonds is 6. The Labute approximate surface area is 171 Å². The molecule has 154 valence electrons. The highest BCUT2D eigenvalue weighted by atomic mass is 16.5. The van der Waals surface area contributed by atoms with Crippen LogP contribution in [-0.2, 0) is 13.1 Å². The van der Waals surface area contributed by atoms with E-state index in [-0.39, 0.29) is 5.91 Å².